The summed E-state index contributed by atoms with van der Waals surface area (Å²) >= 11 is 5.23. The number of anilines is 1. The van der Waals surface area contributed by atoms with E-state index in [1.54, 1.807) is 0 Å². The topological polar surface area (TPSA) is 299 Å². The first-order valence-electron chi connectivity index (χ1n) is 13.3. The van der Waals surface area contributed by atoms with Gasteiger partial charge in [-0.25, -0.2) is 14.5 Å². The summed E-state index contributed by atoms with van der Waals surface area (Å²) in [5.74, 6) is -0.134. The summed E-state index contributed by atoms with van der Waals surface area (Å²) in [6.07, 6.45) is -9.10. The number of nitrogens with zero attached hydrogens (tertiary/aromatic N) is 6. The van der Waals surface area contributed by atoms with Crippen LogP contribution in [0.25, 0.3) is 11.0 Å². The molecule has 6 unspecified atom stereocenters. The number of aliphatic imine (C=N–C) groups is 2. The number of nitrogen functional groups attached to an aromatic ring is 1. The summed E-state index contributed by atoms with van der Waals surface area (Å²) in [6.45, 7) is -2.16. The molecule has 0 spiro atoms. The number of hydrogen-bond acceptors (Lipinski definition) is 16. The number of aliphatic hydroxyl groups excluding tert-OH is 2. The van der Waals surface area contributed by atoms with Gasteiger partial charge in [0.05, 0.1) is 24.9 Å². The predicted octanol–water partition coefficient (Wildman–Crippen LogP) is -1.48. The summed E-state index contributed by atoms with van der Waals surface area (Å²) < 4.78 is 49.3. The molecular formula is C22H29N9O12P2S. The molecule has 6 rings (SSSR count). The number of phosphoric ester groups is 1. The number of aromatic nitrogens is 5. The highest BCUT2D eigenvalue weighted by Crippen LogP contribution is 2.54. The van der Waals surface area contributed by atoms with Crippen LogP contribution in [-0.4, -0.2) is 114 Å². The monoisotopic (exact) mass is 705 g/mol. The Bertz CT molecular complexity index is 1850. The average molecular weight is 706 g/mol. The molecule has 3 aromatic heterocycles. The lowest BCUT2D eigenvalue weighted by Crippen LogP contribution is -2.36. The number of nitrogens with one attached hydrogen (secondary N) is 1. The molecule has 9 N–H and O–H groups in total. The third kappa shape index (κ3) is 5.97. The van der Waals surface area contributed by atoms with Gasteiger partial charge in [-0.15, -0.1) is 0 Å². The molecule has 10 atom stereocenters. The molecule has 6 heterocycles. The van der Waals surface area contributed by atoms with Crippen LogP contribution in [0.3, 0.4) is 0 Å². The van der Waals surface area contributed by atoms with Gasteiger partial charge in [0.25, 0.3) is 5.56 Å². The van der Waals surface area contributed by atoms with Crippen molar-refractivity contribution in [2.75, 3.05) is 26.0 Å². The number of fused-ring (bicyclic) bond motifs is 4. The van der Waals surface area contributed by atoms with Gasteiger partial charge in [-0.05, 0) is 24.6 Å². The van der Waals surface area contributed by atoms with Crippen LogP contribution in [-0.2, 0) is 43.9 Å². The molecule has 24 heteroatoms. The molecule has 3 aliphatic rings. The zero-order valence-corrected chi connectivity index (χ0v) is 26.3. The van der Waals surface area contributed by atoms with Crippen molar-refractivity contribution in [2.24, 2.45) is 15.7 Å². The van der Waals surface area contributed by atoms with Gasteiger partial charge < -0.3 is 50.0 Å². The number of amidine groups is 1. The van der Waals surface area contributed by atoms with E-state index < -0.39 is 82.4 Å². The van der Waals surface area contributed by atoms with E-state index in [1.807, 2.05) is 0 Å². The minimum absolute atomic E-state index is 0.0125. The van der Waals surface area contributed by atoms with E-state index in [2.05, 4.69) is 31.7 Å². The summed E-state index contributed by atoms with van der Waals surface area (Å²) in [4.78, 5) is 52.5. The zero-order chi connectivity index (χ0) is 33.1. The summed E-state index contributed by atoms with van der Waals surface area (Å²) in [6, 6.07) is 1.41. The number of hydrogen-bond donors (Lipinski definition) is 7. The van der Waals surface area contributed by atoms with Gasteiger partial charge in [0.2, 0.25) is 5.95 Å². The SMILES string of the molecule is C=Nc1c(C(N)=NC)ncn1[C@@H]1O[C@@H]2COP(O)(=S)OC3C(O)[C@@H](COP(=O)(O)OC2C1O)O[C@H]3n1ccc2c(=O)[nH]c(N)nc21. The molecular weight excluding hydrogens is 676 g/mol. The Kier molecular flexibility index (Phi) is 8.78. The fourth-order valence-electron chi connectivity index (χ4n) is 5.36. The normalized spacial score (nSPS) is 37.4. The molecule has 3 saturated heterocycles. The quantitative estimate of drug-likeness (QED) is 0.0925. The van der Waals surface area contributed by atoms with Crippen LogP contribution in [0.1, 0.15) is 18.1 Å². The van der Waals surface area contributed by atoms with Gasteiger partial charge >= 0.3 is 14.5 Å². The van der Waals surface area contributed by atoms with Gasteiger partial charge in [-0.2, -0.15) is 4.98 Å². The van der Waals surface area contributed by atoms with Crippen molar-refractivity contribution >= 4 is 61.7 Å². The van der Waals surface area contributed by atoms with E-state index in [0.29, 0.717) is 0 Å². The van der Waals surface area contributed by atoms with Gasteiger partial charge in [-0.1, -0.05) is 0 Å². The van der Waals surface area contributed by atoms with E-state index >= 15 is 0 Å². The number of aromatic amines is 1. The van der Waals surface area contributed by atoms with Crippen molar-refractivity contribution in [3.05, 3.63) is 34.6 Å². The standard InChI is InChI=1S/C22H29N9O12P2S/c1-25-16(23)11-18(26-2)31(7-27-11)20-13(33)14-10(41-20)6-39-45(37,46)43-15-12(32)9(5-38-44(35,36)42-14)40-21(15)30-4-3-8-17(30)28-22(24)29-19(8)34/h3-4,7,9-10,12-15,20-21,32-33H,2,5-6H2,1H3,(H2,23,25)(H,35,36)(H,37,46)(H3,24,28,29,34)/t9-,10-,12?,13?,14?,15?,20-,21-,45?/m1/s1. The van der Waals surface area contributed by atoms with Crippen molar-refractivity contribution in [3.8, 4) is 0 Å². The molecule has 250 valence electrons. The number of imidazole rings is 1. The molecule has 3 fully saturated rings. The van der Waals surface area contributed by atoms with Crippen molar-refractivity contribution < 1.29 is 52.1 Å². The first-order valence-corrected chi connectivity index (χ1v) is 17.4. The summed E-state index contributed by atoms with van der Waals surface area (Å²) in [5.41, 5.74) is 11.2. The lowest BCUT2D eigenvalue weighted by molar-refractivity contribution is -0.0636. The van der Waals surface area contributed by atoms with E-state index in [-0.39, 0.29) is 34.3 Å². The third-order valence-corrected chi connectivity index (χ3v) is 10.0. The number of nitrogens with two attached hydrogens (primary N) is 2. The molecule has 3 aromatic rings. The lowest BCUT2D eigenvalue weighted by Gasteiger charge is -2.27. The van der Waals surface area contributed by atoms with Crippen molar-refractivity contribution in [2.45, 2.75) is 49.1 Å². The largest absolute Gasteiger partial charge is 0.472 e. The fraction of sp³-hybridized carbons (Fsp3) is 0.500. The lowest BCUT2D eigenvalue weighted by atomic mass is 10.1. The van der Waals surface area contributed by atoms with E-state index in [1.165, 1.54) is 34.8 Å². The Labute approximate surface area is 263 Å². The van der Waals surface area contributed by atoms with Crippen LogP contribution >= 0.6 is 14.5 Å². The fourth-order valence-corrected chi connectivity index (χ4v) is 7.74. The predicted molar refractivity (Wildman–Crippen MR) is 161 cm³/mol. The molecule has 21 nitrogen and oxygen atoms in total. The molecule has 2 bridgehead atoms. The van der Waals surface area contributed by atoms with Crippen LogP contribution in [0.15, 0.2) is 33.4 Å². The summed E-state index contributed by atoms with van der Waals surface area (Å²) in [5, 5.41) is 22.5. The van der Waals surface area contributed by atoms with Crippen LogP contribution in [0.5, 0.6) is 0 Å². The van der Waals surface area contributed by atoms with Crippen LogP contribution in [0, 0.1) is 0 Å². The minimum Gasteiger partial charge on any atom is -0.387 e. The molecule has 3 aliphatic heterocycles. The molecule has 0 amide bonds. The van der Waals surface area contributed by atoms with Crippen molar-refractivity contribution in [3.63, 3.8) is 0 Å². The van der Waals surface area contributed by atoms with E-state index in [9.17, 15) is 29.4 Å². The van der Waals surface area contributed by atoms with Gasteiger partial charge in [0, 0.05) is 13.2 Å². The maximum absolute atomic E-state index is 13.1. The second-order valence-corrected chi connectivity index (χ2v) is 14.5. The number of H-pyrrole nitrogens is 1. The van der Waals surface area contributed by atoms with Gasteiger partial charge in [0.15, 0.2) is 23.9 Å². The molecule has 0 radical (unpaired) electrons. The molecule has 46 heavy (non-hydrogen) atoms. The Morgan fingerprint density at radius 3 is 2.57 bits per heavy atom. The Balaban J connectivity index is 1.32. The highest BCUT2D eigenvalue weighted by Gasteiger charge is 2.53. The Morgan fingerprint density at radius 1 is 1.13 bits per heavy atom. The highest BCUT2D eigenvalue weighted by molar-refractivity contribution is 8.07. The van der Waals surface area contributed by atoms with E-state index in [4.69, 9.17) is 50.8 Å². The second kappa shape index (κ2) is 12.3. The third-order valence-electron chi connectivity index (χ3n) is 7.49. The van der Waals surface area contributed by atoms with Gasteiger partial charge in [0.1, 0.15) is 48.2 Å². The average Bonchev–Trinajstić information content (AvgIpc) is 3.75. The van der Waals surface area contributed by atoms with Crippen molar-refractivity contribution in [1.29, 1.82) is 0 Å². The smallest absolute Gasteiger partial charge is 0.387 e. The molecule has 0 aromatic carbocycles. The van der Waals surface area contributed by atoms with Gasteiger partial charge in [-0.3, -0.25) is 32.9 Å². The van der Waals surface area contributed by atoms with Crippen LogP contribution in [0.2, 0.25) is 0 Å². The first-order chi connectivity index (χ1) is 21.7. The molecule has 0 saturated carbocycles. The maximum Gasteiger partial charge on any atom is 0.472 e. The first kappa shape index (κ1) is 33.0. The van der Waals surface area contributed by atoms with Crippen LogP contribution < -0.4 is 17.0 Å². The zero-order valence-electron chi connectivity index (χ0n) is 23.7. The maximum atomic E-state index is 13.1. The van der Waals surface area contributed by atoms with E-state index in [0.717, 1.165) is 0 Å². The Morgan fingerprint density at radius 2 is 1.85 bits per heavy atom. The molecule has 0 aliphatic carbocycles. The Hall–Kier alpha value is -2.95. The number of ether oxygens (including phenoxy) is 2. The second-order valence-electron chi connectivity index (χ2n) is 10.3. The number of rotatable bonds is 4. The van der Waals surface area contributed by atoms with Crippen LogP contribution in [0.4, 0.5) is 11.8 Å². The summed E-state index contributed by atoms with van der Waals surface area (Å²) in [7, 11) is -3.59. The number of phosphoric acid groups is 1. The highest BCUT2D eigenvalue weighted by atomic mass is 32.5. The number of aliphatic hydroxyl groups is 2. The van der Waals surface area contributed by atoms with Crippen molar-refractivity contribution in [1.82, 2.24) is 24.1 Å². The minimum atomic E-state index is -5.02.